The van der Waals surface area contributed by atoms with Crippen LogP contribution in [0.15, 0.2) is 66.7 Å². The average molecular weight is 442 g/mol. The second-order valence-electron chi connectivity index (χ2n) is 9.71. The van der Waals surface area contributed by atoms with E-state index in [1.54, 1.807) is 24.3 Å². The lowest BCUT2D eigenvalue weighted by atomic mass is 9.86. The fourth-order valence-electron chi connectivity index (χ4n) is 4.17. The highest BCUT2D eigenvalue weighted by Crippen LogP contribution is 2.26. The summed E-state index contributed by atoms with van der Waals surface area (Å²) >= 11 is 0. The number of anilines is 1. The first-order chi connectivity index (χ1) is 15.8. The first kappa shape index (κ1) is 22.8. The van der Waals surface area contributed by atoms with Crippen LogP contribution in [0.2, 0.25) is 0 Å². The van der Waals surface area contributed by atoms with Gasteiger partial charge in [-0.15, -0.1) is 0 Å². The third-order valence-electron chi connectivity index (χ3n) is 6.11. The molecule has 0 unspecified atom stereocenters. The summed E-state index contributed by atoms with van der Waals surface area (Å²) < 4.78 is 5.71. The van der Waals surface area contributed by atoms with E-state index < -0.39 is 0 Å². The van der Waals surface area contributed by atoms with Crippen molar-refractivity contribution in [2.75, 3.05) is 11.9 Å². The summed E-state index contributed by atoms with van der Waals surface area (Å²) in [5, 5.41) is 2.83. The van der Waals surface area contributed by atoms with Crippen molar-refractivity contribution in [2.24, 2.45) is 0 Å². The number of hydrogen-bond acceptors (Lipinski definition) is 3. The quantitative estimate of drug-likeness (QED) is 0.470. The highest BCUT2D eigenvalue weighted by atomic mass is 16.5. The van der Waals surface area contributed by atoms with Crippen molar-refractivity contribution in [2.45, 2.75) is 51.9 Å². The number of carbonyl (C=O) groups excluding carboxylic acids is 2. The van der Waals surface area contributed by atoms with Gasteiger partial charge in [0.05, 0.1) is 0 Å². The zero-order valence-corrected chi connectivity index (χ0v) is 19.6. The molecule has 0 fully saturated rings. The van der Waals surface area contributed by atoms with Gasteiger partial charge in [-0.1, -0.05) is 63.2 Å². The average Bonchev–Trinajstić information content (AvgIpc) is 2.82. The van der Waals surface area contributed by atoms with Gasteiger partial charge in [-0.2, -0.15) is 0 Å². The molecule has 0 radical (unpaired) electrons. The van der Waals surface area contributed by atoms with Crippen LogP contribution < -0.4 is 10.1 Å². The fraction of sp³-hybridized carbons (Fsp3) is 0.310. The molecule has 0 bridgehead atoms. The van der Waals surface area contributed by atoms with Crippen LogP contribution in [0, 0.1) is 0 Å². The third kappa shape index (κ3) is 5.70. The van der Waals surface area contributed by atoms with E-state index in [2.05, 4.69) is 32.2 Å². The number of benzene rings is 3. The number of rotatable bonds is 6. The van der Waals surface area contributed by atoms with Gasteiger partial charge in [0, 0.05) is 16.8 Å². The molecule has 1 N–H and O–H groups in total. The summed E-state index contributed by atoms with van der Waals surface area (Å²) in [4.78, 5) is 25.4. The van der Waals surface area contributed by atoms with Crippen molar-refractivity contribution in [3.05, 3.63) is 94.5 Å². The van der Waals surface area contributed by atoms with Crippen molar-refractivity contribution < 1.29 is 14.3 Å². The Hall–Kier alpha value is -3.40. The van der Waals surface area contributed by atoms with E-state index in [0.29, 0.717) is 22.6 Å². The Labute approximate surface area is 196 Å². The number of carbonyl (C=O) groups is 2. The Morgan fingerprint density at radius 3 is 2.30 bits per heavy atom. The van der Waals surface area contributed by atoms with Crippen molar-refractivity contribution in [1.29, 1.82) is 0 Å². The van der Waals surface area contributed by atoms with Crippen molar-refractivity contribution >= 4 is 17.4 Å². The molecule has 0 heterocycles. The van der Waals surface area contributed by atoms with Crippen LogP contribution in [-0.2, 0) is 23.1 Å². The lowest BCUT2D eigenvalue weighted by Crippen LogP contribution is -2.20. The Balaban J connectivity index is 1.37. The Bertz CT molecular complexity index is 1160. The van der Waals surface area contributed by atoms with Gasteiger partial charge in [0.1, 0.15) is 5.75 Å². The summed E-state index contributed by atoms with van der Waals surface area (Å²) in [5.41, 5.74) is 5.65. The minimum Gasteiger partial charge on any atom is -0.484 e. The molecule has 0 atom stereocenters. The van der Waals surface area contributed by atoms with Crippen LogP contribution in [0.3, 0.4) is 0 Å². The molecule has 33 heavy (non-hydrogen) atoms. The van der Waals surface area contributed by atoms with Crippen molar-refractivity contribution in [3.63, 3.8) is 0 Å². The summed E-state index contributed by atoms with van der Waals surface area (Å²) in [6.45, 7) is 6.35. The summed E-state index contributed by atoms with van der Waals surface area (Å²) in [5.74, 6) is 0.386. The fourth-order valence-corrected chi connectivity index (χ4v) is 4.17. The molecular formula is C29H31NO3. The molecule has 3 aromatic carbocycles. The van der Waals surface area contributed by atoms with Gasteiger partial charge in [-0.05, 0) is 72.1 Å². The standard InChI is InChI=1S/C29H31NO3/c1-29(2,3)24-14-11-21(12-15-24)28(32)23-9-6-10-25(17-23)30-27(31)19-33-26-16-13-20-7-4-5-8-22(20)18-26/h6,9-18H,4-5,7-8,19H2,1-3H3,(H,30,31). The number of amides is 1. The number of nitrogens with one attached hydrogen (secondary N) is 1. The van der Waals surface area contributed by atoms with E-state index in [1.807, 2.05) is 36.4 Å². The number of ketones is 1. The van der Waals surface area contributed by atoms with Crippen LogP contribution in [0.25, 0.3) is 0 Å². The number of fused-ring (bicyclic) bond motifs is 1. The molecule has 0 saturated heterocycles. The van der Waals surface area contributed by atoms with E-state index in [9.17, 15) is 9.59 Å². The summed E-state index contributed by atoms with van der Waals surface area (Å²) in [7, 11) is 0. The Kier molecular flexibility index (Phi) is 6.64. The number of hydrogen-bond donors (Lipinski definition) is 1. The summed E-state index contributed by atoms with van der Waals surface area (Å²) in [6.07, 6.45) is 4.62. The lowest BCUT2D eigenvalue weighted by molar-refractivity contribution is -0.118. The van der Waals surface area contributed by atoms with Gasteiger partial charge in [-0.25, -0.2) is 0 Å². The van der Waals surface area contributed by atoms with Gasteiger partial charge in [-0.3, -0.25) is 9.59 Å². The van der Waals surface area contributed by atoms with Crippen LogP contribution in [0.5, 0.6) is 5.75 Å². The Morgan fingerprint density at radius 1 is 0.848 bits per heavy atom. The van der Waals surface area contributed by atoms with Gasteiger partial charge < -0.3 is 10.1 Å². The van der Waals surface area contributed by atoms with Gasteiger partial charge in [0.25, 0.3) is 5.91 Å². The SMILES string of the molecule is CC(C)(C)c1ccc(C(=O)c2cccc(NC(=O)COc3ccc4c(c3)CCCC4)c2)cc1. The number of aryl methyl sites for hydroxylation is 2. The number of ether oxygens (including phenoxy) is 1. The molecule has 4 nitrogen and oxygen atoms in total. The topological polar surface area (TPSA) is 55.4 Å². The van der Waals surface area contributed by atoms with Crippen LogP contribution in [0.4, 0.5) is 5.69 Å². The second kappa shape index (κ2) is 9.62. The smallest absolute Gasteiger partial charge is 0.262 e. The maximum absolute atomic E-state index is 12.9. The normalized spacial score (nSPS) is 13.2. The van der Waals surface area contributed by atoms with E-state index in [4.69, 9.17) is 4.74 Å². The van der Waals surface area contributed by atoms with E-state index in [1.165, 1.54) is 29.5 Å². The first-order valence-corrected chi connectivity index (χ1v) is 11.6. The predicted molar refractivity (Wildman–Crippen MR) is 132 cm³/mol. The van der Waals surface area contributed by atoms with Crippen molar-refractivity contribution in [3.8, 4) is 5.75 Å². The molecule has 3 aromatic rings. The highest BCUT2D eigenvalue weighted by Gasteiger charge is 2.16. The molecule has 4 heteroatoms. The van der Waals surface area contributed by atoms with Gasteiger partial charge in [0.15, 0.2) is 12.4 Å². The zero-order valence-electron chi connectivity index (χ0n) is 19.6. The Morgan fingerprint density at radius 2 is 1.58 bits per heavy atom. The van der Waals surface area contributed by atoms with Crippen molar-refractivity contribution in [1.82, 2.24) is 0 Å². The second-order valence-corrected chi connectivity index (χ2v) is 9.71. The third-order valence-corrected chi connectivity index (χ3v) is 6.11. The van der Waals surface area contributed by atoms with E-state index >= 15 is 0 Å². The first-order valence-electron chi connectivity index (χ1n) is 11.6. The van der Waals surface area contributed by atoms with Crippen LogP contribution in [0.1, 0.15) is 66.2 Å². The van der Waals surface area contributed by atoms with Crippen LogP contribution >= 0.6 is 0 Å². The highest BCUT2D eigenvalue weighted by molar-refractivity contribution is 6.09. The lowest BCUT2D eigenvalue weighted by Gasteiger charge is -2.19. The molecular weight excluding hydrogens is 410 g/mol. The van der Waals surface area contributed by atoms with E-state index in [0.717, 1.165) is 12.8 Å². The molecule has 1 amide bonds. The molecule has 0 aromatic heterocycles. The molecule has 4 rings (SSSR count). The molecule has 1 aliphatic carbocycles. The minimum atomic E-state index is -0.258. The van der Waals surface area contributed by atoms with E-state index in [-0.39, 0.29) is 23.7 Å². The molecule has 0 spiro atoms. The van der Waals surface area contributed by atoms with Crippen LogP contribution in [-0.4, -0.2) is 18.3 Å². The maximum Gasteiger partial charge on any atom is 0.262 e. The monoisotopic (exact) mass is 441 g/mol. The largest absolute Gasteiger partial charge is 0.484 e. The molecule has 0 aliphatic heterocycles. The minimum absolute atomic E-state index is 0.0347. The molecule has 1 aliphatic rings. The van der Waals surface area contributed by atoms with Gasteiger partial charge >= 0.3 is 0 Å². The maximum atomic E-state index is 12.9. The predicted octanol–water partition coefficient (Wildman–Crippen LogP) is 6.11. The zero-order chi connectivity index (χ0) is 23.4. The summed E-state index contributed by atoms with van der Waals surface area (Å²) in [6, 6.07) is 20.8. The molecule has 0 saturated carbocycles. The van der Waals surface area contributed by atoms with Gasteiger partial charge in [0.2, 0.25) is 0 Å². The molecule has 170 valence electrons.